The minimum atomic E-state index is 0.380. The zero-order chi connectivity index (χ0) is 5.86. The molecule has 0 amide bonds. The summed E-state index contributed by atoms with van der Waals surface area (Å²) in [5.41, 5.74) is 11.2. The Labute approximate surface area is 44.2 Å². The molecule has 4 N–H and O–H groups in total. The fourth-order valence-electron chi connectivity index (χ4n) is 0.192. The van der Waals surface area contributed by atoms with E-state index in [0.717, 1.165) is 5.70 Å². The van der Waals surface area contributed by atoms with Crippen molar-refractivity contribution in [1.29, 1.82) is 0 Å². The summed E-state index contributed by atoms with van der Waals surface area (Å²) in [4.78, 5) is 0. The van der Waals surface area contributed by atoms with Gasteiger partial charge in [-0.25, -0.2) is 0 Å². The van der Waals surface area contributed by atoms with Gasteiger partial charge in [-0.1, -0.05) is 13.8 Å². The first-order valence-corrected chi connectivity index (χ1v) is 2.35. The summed E-state index contributed by atoms with van der Waals surface area (Å²) in [6, 6.07) is 0. The molecule has 0 aromatic rings. The van der Waals surface area contributed by atoms with Crippen molar-refractivity contribution in [3.63, 3.8) is 0 Å². The second-order valence-electron chi connectivity index (χ2n) is 1.82. The van der Waals surface area contributed by atoms with E-state index in [1.807, 2.05) is 13.8 Å². The first-order valence-electron chi connectivity index (χ1n) is 2.35. The van der Waals surface area contributed by atoms with E-state index < -0.39 is 0 Å². The molecule has 0 saturated carbocycles. The first-order chi connectivity index (χ1) is 3.18. The van der Waals surface area contributed by atoms with Gasteiger partial charge in [0.1, 0.15) is 0 Å². The Bertz CT molecular complexity index is 74.1. The molecule has 0 unspecified atom stereocenters. The van der Waals surface area contributed by atoms with Gasteiger partial charge in [0.15, 0.2) is 0 Å². The van der Waals surface area contributed by atoms with E-state index in [1.165, 1.54) is 6.20 Å². The van der Waals surface area contributed by atoms with Crippen LogP contribution in [0.25, 0.3) is 0 Å². The molecule has 2 heteroatoms. The lowest BCUT2D eigenvalue weighted by molar-refractivity contribution is 0.754. The van der Waals surface area contributed by atoms with Crippen LogP contribution in [0.15, 0.2) is 11.9 Å². The average molecular weight is 100 g/mol. The van der Waals surface area contributed by atoms with E-state index in [-0.39, 0.29) is 0 Å². The van der Waals surface area contributed by atoms with Crippen molar-refractivity contribution >= 4 is 0 Å². The van der Waals surface area contributed by atoms with Gasteiger partial charge in [-0.2, -0.15) is 0 Å². The van der Waals surface area contributed by atoms with E-state index in [9.17, 15) is 0 Å². The smallest absolute Gasteiger partial charge is 0.0264 e. The molecule has 0 rings (SSSR count). The van der Waals surface area contributed by atoms with Crippen molar-refractivity contribution in [2.75, 3.05) is 0 Å². The molecular formula is C5H12N2. The maximum Gasteiger partial charge on any atom is 0.0264 e. The Hall–Kier alpha value is -0.660. The Morgan fingerprint density at radius 1 is 1.57 bits per heavy atom. The topological polar surface area (TPSA) is 52.0 Å². The third-order valence-electron chi connectivity index (χ3n) is 0.859. The van der Waals surface area contributed by atoms with E-state index >= 15 is 0 Å². The first kappa shape index (κ1) is 6.34. The Morgan fingerprint density at radius 3 is 2.00 bits per heavy atom. The van der Waals surface area contributed by atoms with E-state index in [1.54, 1.807) is 0 Å². The summed E-state index contributed by atoms with van der Waals surface area (Å²) in [5, 5.41) is 0. The number of nitrogens with two attached hydrogens (primary N) is 2. The van der Waals surface area contributed by atoms with Crippen LogP contribution in [0.3, 0.4) is 0 Å². The van der Waals surface area contributed by atoms with Crippen molar-refractivity contribution < 1.29 is 0 Å². The maximum atomic E-state index is 5.35. The Balaban J connectivity index is 3.56. The molecule has 0 spiro atoms. The molecule has 0 fully saturated rings. The van der Waals surface area contributed by atoms with Gasteiger partial charge in [0.2, 0.25) is 0 Å². The van der Waals surface area contributed by atoms with Crippen molar-refractivity contribution in [3.05, 3.63) is 11.9 Å². The zero-order valence-electron chi connectivity index (χ0n) is 4.81. The molecule has 0 heterocycles. The lowest BCUT2D eigenvalue weighted by atomic mass is 10.2. The molecule has 42 valence electrons. The number of hydrogen-bond acceptors (Lipinski definition) is 2. The molecule has 0 aromatic heterocycles. The number of rotatable bonds is 1. The minimum Gasteiger partial charge on any atom is -0.403 e. The van der Waals surface area contributed by atoms with Crippen LogP contribution in [0.2, 0.25) is 0 Å². The molecule has 2 nitrogen and oxygen atoms in total. The van der Waals surface area contributed by atoms with Gasteiger partial charge >= 0.3 is 0 Å². The van der Waals surface area contributed by atoms with E-state index in [4.69, 9.17) is 11.5 Å². The van der Waals surface area contributed by atoms with E-state index in [0.29, 0.717) is 5.92 Å². The Kier molecular flexibility index (Phi) is 2.27. The molecule has 0 atom stereocenters. The second kappa shape index (κ2) is 2.50. The van der Waals surface area contributed by atoms with Crippen LogP contribution >= 0.6 is 0 Å². The highest BCUT2D eigenvalue weighted by Gasteiger charge is 1.91. The summed E-state index contributed by atoms with van der Waals surface area (Å²) >= 11 is 0. The molecule has 0 aliphatic carbocycles. The summed E-state index contributed by atoms with van der Waals surface area (Å²) in [7, 11) is 0. The highest BCUT2D eigenvalue weighted by molar-refractivity contribution is 4.95. The molecule has 0 radical (unpaired) electrons. The fraction of sp³-hybridized carbons (Fsp3) is 0.600. The van der Waals surface area contributed by atoms with Crippen molar-refractivity contribution in [1.82, 2.24) is 0 Å². The molecule has 0 bridgehead atoms. The van der Waals surface area contributed by atoms with Crippen LogP contribution in [0.4, 0.5) is 0 Å². The largest absolute Gasteiger partial charge is 0.403 e. The summed E-state index contributed by atoms with van der Waals surface area (Å²) in [6.45, 7) is 4.00. The van der Waals surface area contributed by atoms with Crippen LogP contribution in [0.5, 0.6) is 0 Å². The van der Waals surface area contributed by atoms with Crippen molar-refractivity contribution in [3.8, 4) is 0 Å². The SMILES string of the molecule is CC(C)/C(N)=C/N. The van der Waals surface area contributed by atoms with Gasteiger partial charge in [0.25, 0.3) is 0 Å². The van der Waals surface area contributed by atoms with Crippen LogP contribution < -0.4 is 11.5 Å². The van der Waals surface area contributed by atoms with Gasteiger partial charge in [-0.15, -0.1) is 0 Å². The van der Waals surface area contributed by atoms with Gasteiger partial charge < -0.3 is 11.5 Å². The van der Waals surface area contributed by atoms with Gasteiger partial charge in [0, 0.05) is 11.9 Å². The van der Waals surface area contributed by atoms with Crippen LogP contribution in [-0.4, -0.2) is 0 Å². The Morgan fingerprint density at radius 2 is 2.00 bits per heavy atom. The maximum absolute atomic E-state index is 5.35. The van der Waals surface area contributed by atoms with Crippen molar-refractivity contribution in [2.45, 2.75) is 13.8 Å². The van der Waals surface area contributed by atoms with Gasteiger partial charge in [0.05, 0.1) is 0 Å². The third-order valence-corrected chi connectivity index (χ3v) is 0.859. The fourth-order valence-corrected chi connectivity index (χ4v) is 0.192. The summed E-state index contributed by atoms with van der Waals surface area (Å²) < 4.78 is 0. The molecular weight excluding hydrogens is 88.1 g/mol. The monoisotopic (exact) mass is 100 g/mol. The molecule has 0 aliphatic heterocycles. The molecule has 7 heavy (non-hydrogen) atoms. The predicted octanol–water partition coefficient (Wildman–Crippen LogP) is 0.401. The lowest BCUT2D eigenvalue weighted by Gasteiger charge is -2.00. The van der Waals surface area contributed by atoms with Crippen LogP contribution in [0.1, 0.15) is 13.8 Å². The van der Waals surface area contributed by atoms with Gasteiger partial charge in [-0.3, -0.25) is 0 Å². The zero-order valence-corrected chi connectivity index (χ0v) is 4.81. The summed E-state index contributed by atoms with van der Waals surface area (Å²) in [5.74, 6) is 0.380. The van der Waals surface area contributed by atoms with Crippen LogP contribution in [0, 0.1) is 5.92 Å². The molecule has 0 saturated heterocycles. The predicted molar refractivity (Wildman–Crippen MR) is 31.3 cm³/mol. The average Bonchev–Trinajstić information content (AvgIpc) is 1.65. The lowest BCUT2D eigenvalue weighted by Crippen LogP contribution is -2.06. The van der Waals surface area contributed by atoms with Crippen molar-refractivity contribution in [2.24, 2.45) is 17.4 Å². The normalized spacial score (nSPS) is 12.7. The van der Waals surface area contributed by atoms with Crippen LogP contribution in [-0.2, 0) is 0 Å². The number of hydrogen-bond donors (Lipinski definition) is 2. The second-order valence-corrected chi connectivity index (χ2v) is 1.82. The van der Waals surface area contributed by atoms with E-state index in [2.05, 4.69) is 0 Å². The summed E-state index contributed by atoms with van der Waals surface area (Å²) in [6.07, 6.45) is 1.44. The molecule has 0 aliphatic rings. The number of allylic oxidation sites excluding steroid dienone is 1. The highest BCUT2D eigenvalue weighted by atomic mass is 14.6. The quantitative estimate of drug-likeness (QED) is 0.501. The third kappa shape index (κ3) is 2.09. The standard InChI is InChI=1S/C5H12N2/c1-4(2)5(7)3-6/h3-4H,6-7H2,1-2H3/b5-3-. The highest BCUT2D eigenvalue weighted by Crippen LogP contribution is 1.97. The molecule has 0 aromatic carbocycles. The minimum absolute atomic E-state index is 0.380. The van der Waals surface area contributed by atoms with Gasteiger partial charge in [-0.05, 0) is 5.92 Å².